The fraction of sp³-hybridized carbons (Fsp3) is 0.525. The second-order valence-electron chi connectivity index (χ2n) is 15.7. The van der Waals surface area contributed by atoms with E-state index < -0.39 is 34.7 Å². The average molecular weight is 731 g/mol. The molecule has 0 amide bonds. The highest BCUT2D eigenvalue weighted by atomic mass is 32.2. The van der Waals surface area contributed by atoms with Crippen LogP contribution in [0.1, 0.15) is 86.6 Å². The van der Waals surface area contributed by atoms with Crippen molar-refractivity contribution < 1.29 is 21.9 Å². The Labute approximate surface area is 301 Å². The lowest BCUT2D eigenvalue weighted by atomic mass is 9.86. The number of rotatable bonds is 7. The van der Waals surface area contributed by atoms with Gasteiger partial charge in [0.25, 0.3) is 0 Å². The monoisotopic (exact) mass is 730 g/mol. The van der Waals surface area contributed by atoms with Crippen molar-refractivity contribution in [1.82, 2.24) is 15.0 Å². The Morgan fingerprint density at radius 1 is 0.961 bits per heavy atom. The van der Waals surface area contributed by atoms with E-state index in [4.69, 9.17) is 9.72 Å². The van der Waals surface area contributed by atoms with Crippen LogP contribution in [0.3, 0.4) is 0 Å². The number of sulfone groups is 1. The molecule has 2 fully saturated rings. The number of halogens is 2. The van der Waals surface area contributed by atoms with E-state index in [0.29, 0.717) is 63.6 Å². The second kappa shape index (κ2) is 13.1. The van der Waals surface area contributed by atoms with Crippen LogP contribution in [0.25, 0.3) is 32.9 Å². The molecule has 1 aliphatic carbocycles. The van der Waals surface area contributed by atoms with E-state index in [1.807, 2.05) is 6.07 Å². The molecule has 2 aromatic heterocycles. The number of anilines is 1. The van der Waals surface area contributed by atoms with Gasteiger partial charge in [0.15, 0.2) is 5.82 Å². The third-order valence-electron chi connectivity index (χ3n) is 12.1. The number of nitrogens with zero attached hydrogens (tertiary/aromatic N) is 4. The van der Waals surface area contributed by atoms with Gasteiger partial charge in [0.1, 0.15) is 42.4 Å². The number of ether oxygens (including phenoxy) is 1. The first-order valence-corrected chi connectivity index (χ1v) is 22.4. The minimum Gasteiger partial charge on any atom is -0.472 e. The highest BCUT2D eigenvalue weighted by Crippen LogP contribution is 2.50. The second-order valence-corrected chi connectivity index (χ2v) is 23.4. The summed E-state index contributed by atoms with van der Waals surface area (Å²) in [6, 6.07) is 8.39. The number of piperidine rings is 1. The molecule has 1 saturated carbocycles. The van der Waals surface area contributed by atoms with Crippen molar-refractivity contribution in [1.29, 1.82) is 0 Å². The van der Waals surface area contributed by atoms with E-state index in [-0.39, 0.29) is 45.9 Å². The van der Waals surface area contributed by atoms with Gasteiger partial charge in [0.05, 0.1) is 17.4 Å². The molecule has 2 aromatic carbocycles. The van der Waals surface area contributed by atoms with Gasteiger partial charge in [-0.1, -0.05) is 85.6 Å². The topological polar surface area (TPSA) is 85.3 Å². The third kappa shape index (κ3) is 5.63. The van der Waals surface area contributed by atoms with Crippen LogP contribution in [0.2, 0.25) is 16.6 Å². The van der Waals surface area contributed by atoms with Crippen molar-refractivity contribution in [3.8, 4) is 28.6 Å². The van der Waals surface area contributed by atoms with Crippen LogP contribution in [0.15, 0.2) is 35.5 Å². The summed E-state index contributed by atoms with van der Waals surface area (Å²) in [6.45, 7) is 17.5. The molecule has 7 nitrogen and oxygen atoms in total. The van der Waals surface area contributed by atoms with E-state index in [9.17, 15) is 8.42 Å². The van der Waals surface area contributed by atoms with Crippen molar-refractivity contribution >= 4 is 45.4 Å². The lowest BCUT2D eigenvalue weighted by Gasteiger charge is -2.43. The molecule has 0 spiro atoms. The van der Waals surface area contributed by atoms with Crippen LogP contribution in [-0.2, 0) is 9.84 Å². The number of pyridine rings is 1. The summed E-state index contributed by atoms with van der Waals surface area (Å²) in [4.78, 5) is 16.1. The minimum atomic E-state index is -3.92. The molecule has 2 aliphatic heterocycles. The van der Waals surface area contributed by atoms with Gasteiger partial charge in [-0.15, -0.1) is 5.54 Å². The maximum Gasteiger partial charge on any atom is 0.249 e. The summed E-state index contributed by atoms with van der Waals surface area (Å²) in [7, 11) is -6.18. The van der Waals surface area contributed by atoms with Gasteiger partial charge < -0.3 is 9.64 Å². The van der Waals surface area contributed by atoms with Gasteiger partial charge in [0.2, 0.25) is 20.9 Å². The lowest BCUT2D eigenvalue weighted by Crippen LogP contribution is -2.53. The van der Waals surface area contributed by atoms with E-state index >= 15 is 8.78 Å². The zero-order valence-electron chi connectivity index (χ0n) is 30.8. The summed E-state index contributed by atoms with van der Waals surface area (Å²) in [5, 5.41) is 1.01. The Balaban J connectivity index is 1.54. The maximum atomic E-state index is 17.4. The van der Waals surface area contributed by atoms with Crippen LogP contribution in [0, 0.1) is 34.9 Å². The zero-order chi connectivity index (χ0) is 36.6. The van der Waals surface area contributed by atoms with Crippen molar-refractivity contribution in [3.05, 3.63) is 47.5 Å². The maximum absolute atomic E-state index is 17.4. The Morgan fingerprint density at radius 3 is 2.35 bits per heavy atom. The van der Waals surface area contributed by atoms with Crippen molar-refractivity contribution in [2.24, 2.45) is 11.8 Å². The van der Waals surface area contributed by atoms with Crippen molar-refractivity contribution in [2.75, 3.05) is 17.2 Å². The van der Waals surface area contributed by atoms with E-state index in [0.717, 1.165) is 19.3 Å². The molecule has 4 atom stereocenters. The Morgan fingerprint density at radius 2 is 1.69 bits per heavy atom. The molecule has 0 unspecified atom stereocenters. The molecule has 2 bridgehead atoms. The lowest BCUT2D eigenvalue weighted by molar-refractivity contribution is 0.121. The quantitative estimate of drug-likeness (QED) is 0.107. The first-order valence-electron chi connectivity index (χ1n) is 18.5. The minimum absolute atomic E-state index is 0.0643. The smallest absolute Gasteiger partial charge is 0.249 e. The number of benzene rings is 2. The first kappa shape index (κ1) is 35.8. The summed E-state index contributed by atoms with van der Waals surface area (Å²) in [5.41, 5.74) is 4.95. The van der Waals surface area contributed by atoms with E-state index in [1.54, 1.807) is 18.2 Å². The number of fused-ring (bicyclic) bond motifs is 6. The largest absolute Gasteiger partial charge is 0.472 e. The average Bonchev–Trinajstić information content (AvgIpc) is 3.42. The fourth-order valence-corrected chi connectivity index (χ4v) is 15.6. The SMILES string of the molecule is CC[C@@H]1Oc2nc(-c3cccc4ccc(F)c(C#C[Si](C(C)C)(C(C)C)C(C)C)c34)c(F)c3nc(S(=O)(=O)CC)nc(c23)N2C[C@H]3CC[C@H](C3)[C@@H]12. The van der Waals surface area contributed by atoms with E-state index in [2.05, 4.69) is 74.8 Å². The summed E-state index contributed by atoms with van der Waals surface area (Å²) < 4.78 is 66.9. The van der Waals surface area contributed by atoms with Gasteiger partial charge in [0, 0.05) is 17.5 Å². The zero-order valence-corrected chi connectivity index (χ0v) is 32.7. The Hall–Kier alpha value is -3.62. The predicted octanol–water partition coefficient (Wildman–Crippen LogP) is 9.26. The highest BCUT2D eigenvalue weighted by Gasteiger charge is 2.48. The Bertz CT molecular complexity index is 2190. The summed E-state index contributed by atoms with van der Waals surface area (Å²) in [5.74, 6) is 3.10. The molecule has 7 rings (SSSR count). The number of aromatic nitrogens is 3. The van der Waals surface area contributed by atoms with Gasteiger partial charge in [-0.25, -0.2) is 32.2 Å². The molecule has 3 aliphatic rings. The van der Waals surface area contributed by atoms with Gasteiger partial charge in [-0.2, -0.15) is 0 Å². The molecule has 51 heavy (non-hydrogen) atoms. The molecule has 11 heteroatoms. The van der Waals surface area contributed by atoms with Gasteiger partial charge in [-0.05, 0) is 65.6 Å². The molecule has 270 valence electrons. The van der Waals surface area contributed by atoms with Crippen molar-refractivity contribution in [3.63, 3.8) is 0 Å². The van der Waals surface area contributed by atoms with Gasteiger partial charge in [-0.3, -0.25) is 0 Å². The normalized spacial score (nSPS) is 21.6. The Kier molecular flexibility index (Phi) is 9.19. The number of hydrogen-bond acceptors (Lipinski definition) is 7. The standard InChI is InChI=1S/C40H48F2N4O3SSi/c1-9-31-37-27-15-14-25(20-27)21-46(37)38-33-36(44-40(45-38)50(47,48)10-2)34(42)35(43-39(33)49-31)29-13-11-12-26-16-17-30(41)28(32(26)29)18-19-51(22(3)4,23(5)6)24(7)8/h11-13,16-17,22-25,27,31,37H,9-10,14-15,20-21H2,1-8H3/t25-,27+,31-,37-/m0/s1. The van der Waals surface area contributed by atoms with Crippen LogP contribution in [0.4, 0.5) is 14.6 Å². The summed E-state index contributed by atoms with van der Waals surface area (Å²) >= 11 is 0. The summed E-state index contributed by atoms with van der Waals surface area (Å²) in [6.07, 6.45) is 3.59. The fourth-order valence-electron chi connectivity index (χ4n) is 9.63. The molecular weight excluding hydrogens is 683 g/mol. The number of hydrogen-bond donors (Lipinski definition) is 0. The predicted molar refractivity (Wildman–Crippen MR) is 203 cm³/mol. The molecular formula is C40H48F2N4O3SSi. The van der Waals surface area contributed by atoms with Crippen LogP contribution < -0.4 is 9.64 Å². The molecule has 0 radical (unpaired) electrons. The molecule has 0 N–H and O–H groups in total. The molecule has 4 aromatic rings. The van der Waals surface area contributed by atoms with Crippen LogP contribution in [0.5, 0.6) is 5.88 Å². The third-order valence-corrected chi connectivity index (χ3v) is 19.9. The first-order chi connectivity index (χ1) is 24.2. The molecule has 1 saturated heterocycles. The van der Waals surface area contributed by atoms with Crippen LogP contribution in [-0.4, -0.2) is 55.9 Å². The van der Waals surface area contributed by atoms with Crippen LogP contribution >= 0.6 is 0 Å². The van der Waals surface area contributed by atoms with Gasteiger partial charge >= 0.3 is 0 Å². The molecule has 4 heterocycles. The highest BCUT2D eigenvalue weighted by molar-refractivity contribution is 7.91. The van der Waals surface area contributed by atoms with E-state index in [1.165, 1.54) is 13.0 Å². The van der Waals surface area contributed by atoms with Crippen molar-refractivity contribution in [2.45, 2.75) is 115 Å².